The summed E-state index contributed by atoms with van der Waals surface area (Å²) in [6, 6.07) is 3.41. The van der Waals surface area contributed by atoms with E-state index in [4.69, 9.17) is 0 Å². The van der Waals surface area contributed by atoms with E-state index in [0.29, 0.717) is 31.9 Å². The second-order valence-corrected chi connectivity index (χ2v) is 10.4. The van der Waals surface area contributed by atoms with Gasteiger partial charge in [-0.1, -0.05) is 14.5 Å². The molecular formula is C15H19F3N2O4S2. The Balaban J connectivity index is 1.72. The molecule has 2 aliphatic rings. The van der Waals surface area contributed by atoms with E-state index in [-0.39, 0.29) is 24.9 Å². The Kier molecular flexibility index (Phi) is 5.32. The van der Waals surface area contributed by atoms with Crippen LogP contribution in [0.1, 0.15) is 24.8 Å². The molecule has 2 fully saturated rings. The molecule has 0 aliphatic carbocycles. The molecule has 0 N–H and O–H groups in total. The summed E-state index contributed by atoms with van der Waals surface area (Å²) in [7, 11) is -7.33. The first-order valence-electron chi connectivity index (χ1n) is 8.19. The Morgan fingerprint density at radius 1 is 1.19 bits per heavy atom. The van der Waals surface area contributed by atoms with Gasteiger partial charge in [0.05, 0.1) is 11.6 Å². The summed E-state index contributed by atoms with van der Waals surface area (Å²) in [5.41, 5.74) is -1.02. The van der Waals surface area contributed by atoms with E-state index in [2.05, 4.69) is 0 Å². The SMILES string of the molecule is O=[S+]1([O-])CCCN1C1CCN([S+](=O)([O-])c2cccc(C(F)(F)F)c2)CC1. The smallest absolute Gasteiger partial charge is 0.416 e. The van der Waals surface area contributed by atoms with E-state index >= 15 is 0 Å². The van der Waals surface area contributed by atoms with Crippen molar-refractivity contribution in [2.24, 2.45) is 0 Å². The molecule has 26 heavy (non-hydrogen) atoms. The molecular weight excluding hydrogens is 393 g/mol. The number of piperidine rings is 1. The van der Waals surface area contributed by atoms with Gasteiger partial charge in [-0.3, -0.25) is 0 Å². The molecule has 1 aromatic rings. The molecule has 0 saturated carbocycles. The minimum atomic E-state index is -4.62. The highest BCUT2D eigenvalue weighted by Gasteiger charge is 2.43. The molecule has 2 saturated heterocycles. The Morgan fingerprint density at radius 3 is 2.38 bits per heavy atom. The van der Waals surface area contributed by atoms with E-state index in [1.165, 1.54) is 4.31 Å². The molecule has 2 unspecified atom stereocenters. The van der Waals surface area contributed by atoms with Gasteiger partial charge < -0.3 is 9.11 Å². The molecule has 2 heterocycles. The number of nitrogens with zero attached hydrogens (tertiary/aromatic N) is 2. The van der Waals surface area contributed by atoms with Gasteiger partial charge in [0.1, 0.15) is 16.2 Å². The average Bonchev–Trinajstić information content (AvgIpc) is 2.93. The molecule has 0 bridgehead atoms. The quantitative estimate of drug-likeness (QED) is 0.713. The normalized spacial score (nSPS) is 29.0. The van der Waals surface area contributed by atoms with Crippen LogP contribution in [0.2, 0.25) is 0 Å². The number of hydrogen-bond acceptors (Lipinski definition) is 4. The highest BCUT2D eigenvalue weighted by atomic mass is 32.3. The fraction of sp³-hybridized carbons (Fsp3) is 0.600. The standard InChI is InChI=1S/C15H19F3N2O4S2/c16-15(17,18)12-3-1-4-14(11-12)26(23,24)19-8-5-13(6-9-19)20-7-2-10-25(20,21)22/h1,3-4,11,13H,2,5-10H2. The van der Waals surface area contributed by atoms with Crippen molar-refractivity contribution in [2.45, 2.75) is 36.4 Å². The largest absolute Gasteiger partial charge is 0.598 e. The Morgan fingerprint density at radius 2 is 1.85 bits per heavy atom. The molecule has 0 radical (unpaired) electrons. The molecule has 0 aromatic heterocycles. The lowest BCUT2D eigenvalue weighted by molar-refractivity contribution is -0.137. The summed E-state index contributed by atoms with van der Waals surface area (Å²) in [4.78, 5) is -0.403. The van der Waals surface area contributed by atoms with Crippen molar-refractivity contribution in [3.63, 3.8) is 0 Å². The van der Waals surface area contributed by atoms with Crippen molar-refractivity contribution in [2.75, 3.05) is 25.4 Å². The second kappa shape index (κ2) is 6.95. The summed E-state index contributed by atoms with van der Waals surface area (Å²) in [6.07, 6.45) is -3.40. The van der Waals surface area contributed by atoms with Crippen LogP contribution < -0.4 is 0 Å². The maximum Gasteiger partial charge on any atom is 0.416 e. The topological polar surface area (TPSA) is 86.7 Å². The molecule has 1 aromatic carbocycles. The number of benzene rings is 1. The lowest BCUT2D eigenvalue weighted by atomic mass is 10.1. The van der Waals surface area contributed by atoms with Gasteiger partial charge in [0.25, 0.3) is 0 Å². The maximum absolute atomic E-state index is 12.8. The van der Waals surface area contributed by atoms with Gasteiger partial charge in [0.2, 0.25) is 0 Å². The van der Waals surface area contributed by atoms with Crippen LogP contribution in [0.15, 0.2) is 29.2 Å². The van der Waals surface area contributed by atoms with Crippen molar-refractivity contribution in [3.8, 4) is 0 Å². The van der Waals surface area contributed by atoms with E-state index in [9.17, 15) is 30.7 Å². The fourth-order valence-electron chi connectivity index (χ4n) is 3.42. The van der Waals surface area contributed by atoms with Crippen molar-refractivity contribution in [3.05, 3.63) is 29.8 Å². The third-order valence-electron chi connectivity index (χ3n) is 4.77. The highest BCUT2D eigenvalue weighted by Crippen LogP contribution is 2.34. The van der Waals surface area contributed by atoms with E-state index in [1.807, 2.05) is 0 Å². The molecule has 146 valence electrons. The molecule has 3 rings (SSSR count). The van der Waals surface area contributed by atoms with Crippen molar-refractivity contribution >= 4 is 20.8 Å². The monoisotopic (exact) mass is 412 g/mol. The van der Waals surface area contributed by atoms with Crippen LogP contribution in [0.5, 0.6) is 0 Å². The van der Waals surface area contributed by atoms with Gasteiger partial charge >= 0.3 is 6.18 Å². The van der Waals surface area contributed by atoms with Crippen LogP contribution >= 0.6 is 0 Å². The van der Waals surface area contributed by atoms with Gasteiger partial charge in [-0.05, 0) is 25.0 Å². The maximum atomic E-state index is 12.8. The molecule has 2 aliphatic heterocycles. The third-order valence-corrected chi connectivity index (χ3v) is 8.66. The third kappa shape index (κ3) is 3.87. The predicted octanol–water partition coefficient (Wildman–Crippen LogP) is 2.32. The van der Waals surface area contributed by atoms with E-state index in [1.54, 1.807) is 0 Å². The minimum absolute atomic E-state index is 0.0786. The second-order valence-electron chi connectivity index (χ2n) is 6.44. The molecule has 11 heteroatoms. The number of halogens is 3. The molecule has 2 atom stereocenters. The average molecular weight is 412 g/mol. The van der Waals surface area contributed by atoms with Crippen LogP contribution in [0.3, 0.4) is 0 Å². The number of rotatable bonds is 3. The Bertz CT molecular complexity index is 766. The zero-order valence-electron chi connectivity index (χ0n) is 13.8. The lowest BCUT2D eigenvalue weighted by Crippen LogP contribution is -2.50. The van der Waals surface area contributed by atoms with E-state index in [0.717, 1.165) is 22.5 Å². The molecule has 0 amide bonds. The van der Waals surface area contributed by atoms with Crippen LogP contribution in [0.4, 0.5) is 13.2 Å². The summed E-state index contributed by atoms with van der Waals surface area (Å²) < 4.78 is 90.3. The predicted molar refractivity (Wildman–Crippen MR) is 88.2 cm³/mol. The number of alkyl halides is 3. The van der Waals surface area contributed by atoms with Crippen molar-refractivity contribution in [1.82, 2.24) is 8.61 Å². The molecule has 0 spiro atoms. The van der Waals surface area contributed by atoms with Gasteiger partial charge in [-0.2, -0.15) is 13.2 Å². The summed E-state index contributed by atoms with van der Waals surface area (Å²) in [5.74, 6) is 0.107. The first-order chi connectivity index (χ1) is 12.0. The van der Waals surface area contributed by atoms with Crippen LogP contribution in [0, 0.1) is 0 Å². The van der Waals surface area contributed by atoms with Gasteiger partial charge in [0, 0.05) is 32.1 Å². The summed E-state index contributed by atoms with van der Waals surface area (Å²) >= 11 is 0. The Labute approximate surface area is 152 Å². The van der Waals surface area contributed by atoms with Gasteiger partial charge in [0.15, 0.2) is 15.3 Å². The highest BCUT2D eigenvalue weighted by molar-refractivity contribution is 7.95. The minimum Gasteiger partial charge on any atom is -0.598 e. The van der Waals surface area contributed by atoms with Gasteiger partial charge in [-0.25, -0.2) is 0 Å². The first kappa shape index (κ1) is 19.9. The van der Waals surface area contributed by atoms with Gasteiger partial charge in [-0.15, -0.1) is 8.61 Å². The zero-order valence-corrected chi connectivity index (χ0v) is 15.4. The summed E-state index contributed by atoms with van der Waals surface area (Å²) in [6.45, 7) is 0.595. The molecule has 6 nitrogen and oxygen atoms in total. The van der Waals surface area contributed by atoms with Crippen LogP contribution in [-0.2, 0) is 35.4 Å². The van der Waals surface area contributed by atoms with E-state index < -0.39 is 37.4 Å². The first-order valence-corrected chi connectivity index (χ1v) is 11.2. The van der Waals surface area contributed by atoms with Crippen molar-refractivity contribution < 1.29 is 30.7 Å². The summed E-state index contributed by atoms with van der Waals surface area (Å²) in [5, 5.41) is 0. The Hall–Kier alpha value is -0.850. The van der Waals surface area contributed by atoms with Crippen LogP contribution in [0.25, 0.3) is 0 Å². The van der Waals surface area contributed by atoms with Crippen molar-refractivity contribution in [1.29, 1.82) is 0 Å². The van der Waals surface area contributed by atoms with Crippen LogP contribution in [-0.4, -0.2) is 49.1 Å². The number of sulfonamides is 2. The fourth-order valence-corrected chi connectivity index (χ4v) is 6.74. The zero-order chi connectivity index (χ0) is 19.2. The number of hydrogen-bond donors (Lipinski definition) is 0. The lowest BCUT2D eigenvalue weighted by Gasteiger charge is -2.37.